The summed E-state index contributed by atoms with van der Waals surface area (Å²) < 4.78 is 7.90. The van der Waals surface area contributed by atoms with Gasteiger partial charge in [0.1, 0.15) is 18.0 Å². The van der Waals surface area contributed by atoms with Crippen molar-refractivity contribution in [3.63, 3.8) is 0 Å². The van der Waals surface area contributed by atoms with Crippen molar-refractivity contribution >= 4 is 17.5 Å². The lowest BCUT2D eigenvalue weighted by Gasteiger charge is -2.33. The first-order chi connectivity index (χ1) is 17.0. The Balaban J connectivity index is 1.15. The van der Waals surface area contributed by atoms with E-state index in [1.165, 1.54) is 24.8 Å². The summed E-state index contributed by atoms with van der Waals surface area (Å²) in [4.78, 5) is 32.3. The maximum Gasteiger partial charge on any atom is 0.253 e. The molecule has 35 heavy (non-hydrogen) atoms. The molecule has 2 amide bonds. The summed E-state index contributed by atoms with van der Waals surface area (Å²) in [6.07, 6.45) is 11.5. The number of aryl methyl sites for hydroxylation is 1. The van der Waals surface area contributed by atoms with Crippen molar-refractivity contribution in [2.75, 3.05) is 13.1 Å². The molecular weight excluding hydrogens is 440 g/mol. The van der Waals surface area contributed by atoms with Gasteiger partial charge in [0.25, 0.3) is 5.91 Å². The number of rotatable bonds is 6. The smallest absolute Gasteiger partial charge is 0.253 e. The van der Waals surface area contributed by atoms with Gasteiger partial charge in [0.05, 0.1) is 11.6 Å². The number of hydrogen-bond acceptors (Lipinski definition) is 4. The average Bonchev–Trinajstić information content (AvgIpc) is 3.30. The zero-order chi connectivity index (χ0) is 24.2. The molecule has 2 aliphatic rings. The third kappa shape index (κ3) is 5.66. The van der Waals surface area contributed by atoms with Gasteiger partial charge in [-0.3, -0.25) is 9.59 Å². The van der Waals surface area contributed by atoms with E-state index in [1.807, 2.05) is 46.0 Å². The van der Waals surface area contributed by atoms with Crippen LogP contribution in [-0.4, -0.2) is 45.2 Å². The fraction of sp³-hybridized carbons (Fsp3) is 0.464. The maximum absolute atomic E-state index is 13.1. The molecule has 5 rings (SSSR count). The van der Waals surface area contributed by atoms with E-state index in [0.29, 0.717) is 37.1 Å². The second-order valence-corrected chi connectivity index (χ2v) is 9.95. The molecule has 1 N–H and O–H groups in total. The number of fused-ring (bicyclic) bond motifs is 1. The second kappa shape index (κ2) is 10.5. The van der Waals surface area contributed by atoms with Crippen molar-refractivity contribution in [1.29, 1.82) is 0 Å². The van der Waals surface area contributed by atoms with Gasteiger partial charge in [0, 0.05) is 37.1 Å². The second-order valence-electron chi connectivity index (χ2n) is 9.95. The number of nitrogens with zero attached hydrogens (tertiary/aromatic N) is 3. The van der Waals surface area contributed by atoms with Crippen LogP contribution in [0.15, 0.2) is 48.8 Å². The van der Waals surface area contributed by atoms with Crippen LogP contribution in [0.2, 0.25) is 0 Å². The lowest BCUT2D eigenvalue weighted by molar-refractivity contribution is -0.127. The predicted octanol–water partition coefficient (Wildman–Crippen LogP) is 4.52. The van der Waals surface area contributed by atoms with Crippen LogP contribution in [0.1, 0.15) is 66.6 Å². The Morgan fingerprint density at radius 2 is 1.80 bits per heavy atom. The highest BCUT2D eigenvalue weighted by molar-refractivity contribution is 5.94. The monoisotopic (exact) mass is 474 g/mol. The predicted molar refractivity (Wildman–Crippen MR) is 134 cm³/mol. The van der Waals surface area contributed by atoms with Crippen molar-refractivity contribution in [3.05, 3.63) is 65.6 Å². The number of likely N-dealkylation sites (tertiary alicyclic amines) is 1. The molecule has 1 aromatic carbocycles. The summed E-state index contributed by atoms with van der Waals surface area (Å²) in [6.45, 7) is 3.59. The van der Waals surface area contributed by atoms with Crippen LogP contribution in [0.25, 0.3) is 5.65 Å². The number of piperidine rings is 1. The molecule has 1 unspecified atom stereocenters. The van der Waals surface area contributed by atoms with Gasteiger partial charge >= 0.3 is 0 Å². The Hall–Kier alpha value is -3.35. The Morgan fingerprint density at radius 1 is 1.00 bits per heavy atom. The number of amides is 2. The van der Waals surface area contributed by atoms with E-state index in [0.717, 1.165) is 37.0 Å². The summed E-state index contributed by atoms with van der Waals surface area (Å²) >= 11 is 0. The summed E-state index contributed by atoms with van der Waals surface area (Å²) in [5, 5.41) is 3.23. The number of carbonyl (C=O) groups is 2. The van der Waals surface area contributed by atoms with Crippen LogP contribution in [0.3, 0.4) is 0 Å². The van der Waals surface area contributed by atoms with E-state index >= 15 is 0 Å². The molecule has 0 radical (unpaired) electrons. The van der Waals surface area contributed by atoms with Gasteiger partial charge in [-0.2, -0.15) is 0 Å². The van der Waals surface area contributed by atoms with E-state index in [9.17, 15) is 9.59 Å². The molecule has 2 fully saturated rings. The highest BCUT2D eigenvalue weighted by atomic mass is 16.5. The van der Waals surface area contributed by atoms with E-state index in [1.54, 1.807) is 12.1 Å². The molecule has 3 heterocycles. The maximum atomic E-state index is 13.1. The SMILES string of the molecule is Cc1ccc2nc(COc3ccc(C(=O)N4CCCC(C(=O)NC5CCCCC5)C4)cc3)cn2c1. The van der Waals surface area contributed by atoms with Crippen LogP contribution in [0, 0.1) is 12.8 Å². The number of ether oxygens (including phenoxy) is 1. The molecule has 184 valence electrons. The minimum Gasteiger partial charge on any atom is -0.487 e. The van der Waals surface area contributed by atoms with E-state index in [4.69, 9.17) is 4.74 Å². The zero-order valence-electron chi connectivity index (χ0n) is 20.4. The molecule has 7 nitrogen and oxygen atoms in total. The van der Waals surface area contributed by atoms with E-state index in [2.05, 4.69) is 17.2 Å². The Labute approximate surface area is 206 Å². The van der Waals surface area contributed by atoms with Crippen molar-refractivity contribution in [3.8, 4) is 5.75 Å². The van der Waals surface area contributed by atoms with Gasteiger partial charge < -0.3 is 19.4 Å². The minimum absolute atomic E-state index is 0.0255. The molecule has 0 bridgehead atoms. The number of benzene rings is 1. The first-order valence-corrected chi connectivity index (χ1v) is 12.8. The number of carbonyl (C=O) groups excluding carboxylic acids is 2. The topological polar surface area (TPSA) is 75.9 Å². The highest BCUT2D eigenvalue weighted by Gasteiger charge is 2.30. The van der Waals surface area contributed by atoms with Crippen LogP contribution in [0.4, 0.5) is 0 Å². The van der Waals surface area contributed by atoms with Gasteiger partial charge in [-0.25, -0.2) is 4.98 Å². The fourth-order valence-corrected chi connectivity index (χ4v) is 5.20. The van der Waals surface area contributed by atoms with Crippen molar-refractivity contribution in [2.24, 2.45) is 5.92 Å². The van der Waals surface area contributed by atoms with Gasteiger partial charge in [-0.1, -0.05) is 25.3 Å². The third-order valence-corrected chi connectivity index (χ3v) is 7.17. The van der Waals surface area contributed by atoms with Crippen molar-refractivity contribution < 1.29 is 14.3 Å². The Bertz CT molecular complexity index is 1180. The average molecular weight is 475 g/mol. The van der Waals surface area contributed by atoms with Crippen LogP contribution in [-0.2, 0) is 11.4 Å². The number of hydrogen-bond donors (Lipinski definition) is 1. The normalized spacial score (nSPS) is 19.0. The van der Waals surface area contributed by atoms with E-state index < -0.39 is 0 Å². The van der Waals surface area contributed by atoms with Crippen LogP contribution >= 0.6 is 0 Å². The largest absolute Gasteiger partial charge is 0.487 e. The molecule has 1 atom stereocenters. The van der Waals surface area contributed by atoms with Crippen molar-refractivity contribution in [1.82, 2.24) is 19.6 Å². The molecule has 2 aromatic heterocycles. The van der Waals surface area contributed by atoms with Gasteiger partial charge in [-0.05, 0) is 68.5 Å². The molecule has 1 aliphatic carbocycles. The molecule has 1 aliphatic heterocycles. The Morgan fingerprint density at radius 3 is 2.60 bits per heavy atom. The summed E-state index contributed by atoms with van der Waals surface area (Å²) in [6, 6.07) is 11.6. The quantitative estimate of drug-likeness (QED) is 0.570. The molecule has 3 aromatic rings. The van der Waals surface area contributed by atoms with Crippen LogP contribution in [0.5, 0.6) is 5.75 Å². The number of pyridine rings is 1. The molecule has 1 saturated heterocycles. The lowest BCUT2D eigenvalue weighted by atomic mass is 9.93. The van der Waals surface area contributed by atoms with Gasteiger partial charge in [0.2, 0.25) is 5.91 Å². The lowest BCUT2D eigenvalue weighted by Crippen LogP contribution is -2.47. The third-order valence-electron chi connectivity index (χ3n) is 7.17. The van der Waals surface area contributed by atoms with Gasteiger partial charge in [-0.15, -0.1) is 0 Å². The molecular formula is C28H34N4O3. The standard InChI is InChI=1S/C28H34N4O3/c1-20-9-14-26-29-24(18-32(26)16-20)19-35-25-12-10-21(11-13-25)28(34)31-15-5-6-22(17-31)27(33)30-23-7-3-2-4-8-23/h9-14,16,18,22-23H,2-8,15,17,19H2,1H3,(H,30,33). The van der Waals surface area contributed by atoms with E-state index in [-0.39, 0.29) is 17.7 Å². The number of nitrogens with one attached hydrogen (secondary N) is 1. The first-order valence-electron chi connectivity index (χ1n) is 12.8. The molecule has 0 spiro atoms. The summed E-state index contributed by atoms with van der Waals surface area (Å²) in [5.74, 6) is 0.660. The molecule has 7 heteroatoms. The van der Waals surface area contributed by atoms with Crippen LogP contribution < -0.4 is 10.1 Å². The fourth-order valence-electron chi connectivity index (χ4n) is 5.20. The Kier molecular flexibility index (Phi) is 7.02. The highest BCUT2D eigenvalue weighted by Crippen LogP contribution is 2.23. The van der Waals surface area contributed by atoms with Crippen molar-refractivity contribution in [2.45, 2.75) is 64.5 Å². The number of imidazole rings is 1. The molecule has 1 saturated carbocycles. The number of aromatic nitrogens is 2. The summed E-state index contributed by atoms with van der Waals surface area (Å²) in [5.41, 5.74) is 3.53. The first kappa shape index (κ1) is 23.4. The van der Waals surface area contributed by atoms with Gasteiger partial charge in [0.15, 0.2) is 0 Å². The summed E-state index contributed by atoms with van der Waals surface area (Å²) in [7, 11) is 0. The zero-order valence-corrected chi connectivity index (χ0v) is 20.4. The minimum atomic E-state index is -0.119.